The number of ether oxygens (including phenoxy) is 2. The Labute approximate surface area is 135 Å². The van der Waals surface area contributed by atoms with E-state index in [4.69, 9.17) is 0 Å². The molecule has 1 aromatic heterocycles. The van der Waals surface area contributed by atoms with Crippen molar-refractivity contribution in [3.63, 3.8) is 0 Å². The molecule has 8 heteroatoms. The molecule has 0 saturated carbocycles. The minimum atomic E-state index is -2.96. The van der Waals surface area contributed by atoms with Crippen LogP contribution in [0.25, 0.3) is 0 Å². The molecular weight excluding hydrogens is 322 g/mol. The van der Waals surface area contributed by atoms with Gasteiger partial charge in [-0.15, -0.1) is 0 Å². The average Bonchev–Trinajstić information content (AvgIpc) is 2.88. The third-order valence-corrected chi connectivity index (χ3v) is 3.47. The molecule has 1 aliphatic heterocycles. The van der Waals surface area contributed by atoms with Crippen LogP contribution in [-0.2, 0) is 16.0 Å². The largest absolute Gasteiger partial charge is 0.465 e. The van der Waals surface area contributed by atoms with E-state index in [0.717, 1.165) is 0 Å². The Hall–Kier alpha value is -3.03. The van der Waals surface area contributed by atoms with Crippen molar-refractivity contribution in [3.05, 3.63) is 47.7 Å². The van der Waals surface area contributed by atoms with E-state index in [9.17, 15) is 18.4 Å². The van der Waals surface area contributed by atoms with Gasteiger partial charge < -0.3 is 9.47 Å². The Morgan fingerprint density at radius 2 is 2.12 bits per heavy atom. The smallest absolute Gasteiger partial charge is 0.387 e. The predicted molar refractivity (Wildman–Crippen MR) is 79.5 cm³/mol. The number of rotatable bonds is 4. The van der Waals surface area contributed by atoms with Gasteiger partial charge in [0.15, 0.2) is 0 Å². The lowest BCUT2D eigenvalue weighted by Crippen LogP contribution is -2.21. The summed E-state index contributed by atoms with van der Waals surface area (Å²) in [5.41, 5.74) is 1.15. The number of hydrogen-bond acceptors (Lipinski definition) is 5. The summed E-state index contributed by atoms with van der Waals surface area (Å²) in [4.78, 5) is 29.3. The van der Waals surface area contributed by atoms with Gasteiger partial charge in [-0.3, -0.25) is 9.69 Å². The number of nitrogens with zero attached hydrogens (tertiary/aromatic N) is 2. The maximum absolute atomic E-state index is 12.3. The van der Waals surface area contributed by atoms with Crippen LogP contribution in [0.15, 0.2) is 36.5 Å². The van der Waals surface area contributed by atoms with Crippen LogP contribution in [0.5, 0.6) is 5.75 Å². The number of anilines is 2. The molecule has 124 valence electrons. The average molecular weight is 334 g/mol. The first-order valence-corrected chi connectivity index (χ1v) is 6.94. The lowest BCUT2D eigenvalue weighted by atomic mass is 10.1. The van der Waals surface area contributed by atoms with Crippen LogP contribution < -0.4 is 9.64 Å². The zero-order valence-corrected chi connectivity index (χ0v) is 12.5. The number of aromatic nitrogens is 1. The molecule has 1 amide bonds. The zero-order valence-electron chi connectivity index (χ0n) is 12.5. The standard InChI is InChI=1S/C16H12F2N2O4/c1-23-15(22)10-5-9-6-13(21)20(14(9)19-8-10)11-3-2-4-12(7-11)24-16(17)18/h2-5,7-8,16H,6H2,1H3. The second-order valence-electron chi connectivity index (χ2n) is 4.98. The summed E-state index contributed by atoms with van der Waals surface area (Å²) >= 11 is 0. The summed E-state index contributed by atoms with van der Waals surface area (Å²) in [6.07, 6.45) is 1.35. The first-order chi connectivity index (χ1) is 11.5. The minimum Gasteiger partial charge on any atom is -0.465 e. The number of amides is 1. The van der Waals surface area contributed by atoms with Crippen LogP contribution in [0.1, 0.15) is 15.9 Å². The number of carbonyl (C=O) groups is 2. The maximum atomic E-state index is 12.3. The summed E-state index contributed by atoms with van der Waals surface area (Å²) in [6.45, 7) is -2.96. The fourth-order valence-corrected chi connectivity index (χ4v) is 2.49. The molecule has 0 radical (unpaired) electrons. The summed E-state index contributed by atoms with van der Waals surface area (Å²) in [5, 5.41) is 0. The molecule has 0 unspecified atom stereocenters. The number of pyridine rings is 1. The van der Waals surface area contributed by atoms with Gasteiger partial charge >= 0.3 is 12.6 Å². The number of alkyl halides is 2. The van der Waals surface area contributed by atoms with Crippen LogP contribution in [0.2, 0.25) is 0 Å². The highest BCUT2D eigenvalue weighted by atomic mass is 19.3. The topological polar surface area (TPSA) is 68.7 Å². The number of halogens is 2. The zero-order chi connectivity index (χ0) is 17.3. The van der Waals surface area contributed by atoms with Crippen molar-refractivity contribution in [3.8, 4) is 5.75 Å². The molecule has 0 saturated heterocycles. The van der Waals surface area contributed by atoms with Crippen molar-refractivity contribution in [2.75, 3.05) is 12.0 Å². The Morgan fingerprint density at radius 3 is 2.83 bits per heavy atom. The normalized spacial score (nSPS) is 13.2. The number of methoxy groups -OCH3 is 1. The number of fused-ring (bicyclic) bond motifs is 1. The molecule has 2 aromatic rings. The lowest BCUT2D eigenvalue weighted by molar-refractivity contribution is -0.116. The Kier molecular flexibility index (Phi) is 4.11. The number of carbonyl (C=O) groups excluding carboxylic acids is 2. The predicted octanol–water partition coefficient (Wildman–Crippen LogP) is 2.69. The Balaban J connectivity index is 1.97. The molecule has 0 N–H and O–H groups in total. The quantitative estimate of drug-likeness (QED) is 0.804. The Morgan fingerprint density at radius 1 is 1.33 bits per heavy atom. The second kappa shape index (κ2) is 6.23. The number of benzene rings is 1. The lowest BCUT2D eigenvalue weighted by Gasteiger charge is -2.17. The van der Waals surface area contributed by atoms with Gasteiger partial charge in [-0.2, -0.15) is 8.78 Å². The molecule has 1 aliphatic rings. The first-order valence-electron chi connectivity index (χ1n) is 6.94. The number of esters is 1. The summed E-state index contributed by atoms with van der Waals surface area (Å²) < 4.78 is 33.7. The molecule has 0 fully saturated rings. The van der Waals surface area contributed by atoms with E-state index < -0.39 is 12.6 Å². The van der Waals surface area contributed by atoms with E-state index in [1.807, 2.05) is 0 Å². The van der Waals surface area contributed by atoms with Gasteiger partial charge in [0.25, 0.3) is 0 Å². The van der Waals surface area contributed by atoms with Gasteiger partial charge in [0.05, 0.1) is 24.8 Å². The summed E-state index contributed by atoms with van der Waals surface area (Å²) in [6, 6.07) is 7.31. The molecule has 0 spiro atoms. The summed E-state index contributed by atoms with van der Waals surface area (Å²) in [5.74, 6) is -0.547. The van der Waals surface area contributed by atoms with Crippen molar-refractivity contribution in [1.29, 1.82) is 0 Å². The van der Waals surface area contributed by atoms with Gasteiger partial charge in [-0.05, 0) is 18.2 Å². The monoisotopic (exact) mass is 334 g/mol. The molecule has 3 rings (SSSR count). The maximum Gasteiger partial charge on any atom is 0.387 e. The van der Waals surface area contributed by atoms with Gasteiger partial charge in [0, 0.05) is 17.8 Å². The van der Waals surface area contributed by atoms with E-state index in [0.29, 0.717) is 17.1 Å². The molecule has 2 heterocycles. The highest BCUT2D eigenvalue weighted by molar-refractivity contribution is 6.07. The number of hydrogen-bond donors (Lipinski definition) is 0. The third kappa shape index (κ3) is 2.90. The van der Waals surface area contributed by atoms with E-state index >= 15 is 0 Å². The molecule has 0 aliphatic carbocycles. The fourth-order valence-electron chi connectivity index (χ4n) is 2.49. The van der Waals surface area contributed by atoms with Crippen molar-refractivity contribution in [1.82, 2.24) is 4.98 Å². The highest BCUT2D eigenvalue weighted by Crippen LogP contribution is 2.35. The van der Waals surface area contributed by atoms with Gasteiger partial charge in [-0.1, -0.05) is 6.07 Å². The van der Waals surface area contributed by atoms with E-state index in [-0.39, 0.29) is 23.6 Å². The molecule has 6 nitrogen and oxygen atoms in total. The van der Waals surface area contributed by atoms with Crippen LogP contribution >= 0.6 is 0 Å². The van der Waals surface area contributed by atoms with Crippen LogP contribution in [0.4, 0.5) is 20.3 Å². The van der Waals surface area contributed by atoms with Crippen LogP contribution in [0.3, 0.4) is 0 Å². The Bertz CT molecular complexity index is 810. The second-order valence-corrected chi connectivity index (χ2v) is 4.98. The fraction of sp³-hybridized carbons (Fsp3) is 0.188. The van der Waals surface area contributed by atoms with E-state index in [1.54, 1.807) is 6.07 Å². The van der Waals surface area contributed by atoms with Crippen molar-refractivity contribution < 1.29 is 27.8 Å². The molecule has 0 atom stereocenters. The molecule has 24 heavy (non-hydrogen) atoms. The van der Waals surface area contributed by atoms with E-state index in [1.165, 1.54) is 42.5 Å². The molecule has 0 bridgehead atoms. The van der Waals surface area contributed by atoms with Crippen molar-refractivity contribution in [2.24, 2.45) is 0 Å². The minimum absolute atomic E-state index is 0.0487. The third-order valence-electron chi connectivity index (χ3n) is 3.47. The summed E-state index contributed by atoms with van der Waals surface area (Å²) in [7, 11) is 1.25. The first kappa shape index (κ1) is 15.9. The van der Waals surface area contributed by atoms with Crippen molar-refractivity contribution >= 4 is 23.4 Å². The van der Waals surface area contributed by atoms with E-state index in [2.05, 4.69) is 14.5 Å². The SMILES string of the molecule is COC(=O)c1cnc2c(c1)CC(=O)N2c1cccc(OC(F)F)c1. The van der Waals surface area contributed by atoms with Crippen LogP contribution in [0, 0.1) is 0 Å². The van der Waals surface area contributed by atoms with Gasteiger partial charge in [0.1, 0.15) is 11.6 Å². The molecular formula is C16H12F2N2O4. The van der Waals surface area contributed by atoms with Crippen LogP contribution in [-0.4, -0.2) is 30.6 Å². The van der Waals surface area contributed by atoms with Gasteiger partial charge in [-0.25, -0.2) is 9.78 Å². The molecule has 1 aromatic carbocycles. The van der Waals surface area contributed by atoms with Crippen molar-refractivity contribution in [2.45, 2.75) is 13.0 Å². The van der Waals surface area contributed by atoms with Gasteiger partial charge in [0.2, 0.25) is 5.91 Å². The highest BCUT2D eigenvalue weighted by Gasteiger charge is 2.31.